The molecular formula is C19H23N5O2S. The van der Waals surface area contributed by atoms with E-state index in [1.807, 2.05) is 35.9 Å². The Morgan fingerprint density at radius 1 is 1.26 bits per heavy atom. The fourth-order valence-electron chi connectivity index (χ4n) is 3.46. The Hall–Kier alpha value is -2.61. The van der Waals surface area contributed by atoms with Crippen molar-refractivity contribution in [2.45, 2.75) is 32.7 Å². The van der Waals surface area contributed by atoms with Gasteiger partial charge < -0.3 is 15.0 Å². The van der Waals surface area contributed by atoms with E-state index in [-0.39, 0.29) is 11.9 Å². The van der Waals surface area contributed by atoms with E-state index in [4.69, 9.17) is 9.72 Å². The van der Waals surface area contributed by atoms with Gasteiger partial charge in [0.15, 0.2) is 10.8 Å². The van der Waals surface area contributed by atoms with Crippen molar-refractivity contribution in [1.29, 1.82) is 0 Å². The van der Waals surface area contributed by atoms with E-state index in [0.29, 0.717) is 0 Å². The standard InChI is InChI=1S/C19H23N5O2S/c1-12-17-18(24(22-12)15-4-6-16(26-3)7-5-15)21-19(27-17)23-10-8-14(9-11-23)20-13(2)25/h4-7,14H,8-11H2,1-3H3,(H,20,25). The van der Waals surface area contributed by atoms with E-state index in [2.05, 4.69) is 15.3 Å². The van der Waals surface area contributed by atoms with Crippen molar-refractivity contribution in [2.24, 2.45) is 0 Å². The van der Waals surface area contributed by atoms with Crippen LogP contribution in [0.2, 0.25) is 0 Å². The van der Waals surface area contributed by atoms with Crippen LogP contribution >= 0.6 is 11.3 Å². The lowest BCUT2D eigenvalue weighted by atomic mass is 10.1. The number of benzene rings is 1. The molecule has 1 fully saturated rings. The minimum absolute atomic E-state index is 0.0450. The molecule has 0 aliphatic carbocycles. The average Bonchev–Trinajstić information content (AvgIpc) is 3.23. The number of carbonyl (C=O) groups is 1. The molecule has 0 unspecified atom stereocenters. The molecule has 3 aromatic rings. The second-order valence-corrected chi connectivity index (χ2v) is 7.78. The molecule has 7 nitrogen and oxygen atoms in total. The van der Waals surface area contributed by atoms with Crippen molar-refractivity contribution in [3.8, 4) is 11.4 Å². The summed E-state index contributed by atoms with van der Waals surface area (Å²) in [6.45, 7) is 5.40. The minimum Gasteiger partial charge on any atom is -0.497 e. The second-order valence-electron chi connectivity index (χ2n) is 6.81. The van der Waals surface area contributed by atoms with Crippen LogP contribution in [0.15, 0.2) is 24.3 Å². The Morgan fingerprint density at radius 2 is 1.96 bits per heavy atom. The maximum absolute atomic E-state index is 11.2. The quantitative estimate of drug-likeness (QED) is 0.748. The van der Waals surface area contributed by atoms with Crippen molar-refractivity contribution in [1.82, 2.24) is 20.1 Å². The third-order valence-electron chi connectivity index (χ3n) is 4.87. The van der Waals surface area contributed by atoms with Crippen LogP contribution in [0.5, 0.6) is 5.75 Å². The highest BCUT2D eigenvalue weighted by atomic mass is 32.1. The molecule has 0 spiro atoms. The van der Waals surface area contributed by atoms with Crippen molar-refractivity contribution >= 4 is 32.7 Å². The van der Waals surface area contributed by atoms with Crippen LogP contribution < -0.4 is 15.0 Å². The molecule has 1 aromatic carbocycles. The second kappa shape index (κ2) is 7.19. The highest BCUT2D eigenvalue weighted by Gasteiger charge is 2.24. The lowest BCUT2D eigenvalue weighted by molar-refractivity contribution is -0.119. The van der Waals surface area contributed by atoms with Crippen LogP contribution in [-0.4, -0.2) is 46.9 Å². The van der Waals surface area contributed by atoms with Gasteiger partial charge >= 0.3 is 0 Å². The summed E-state index contributed by atoms with van der Waals surface area (Å²) in [4.78, 5) is 18.4. The zero-order valence-electron chi connectivity index (χ0n) is 15.7. The van der Waals surface area contributed by atoms with Gasteiger partial charge in [-0.05, 0) is 44.0 Å². The van der Waals surface area contributed by atoms with Gasteiger partial charge in [0.1, 0.15) is 5.75 Å². The average molecular weight is 385 g/mol. The maximum atomic E-state index is 11.2. The molecule has 1 saturated heterocycles. The molecule has 1 aliphatic heterocycles. The SMILES string of the molecule is COc1ccc(-n2nc(C)c3sc(N4CCC(NC(C)=O)CC4)nc32)cc1. The van der Waals surface area contributed by atoms with Crippen molar-refractivity contribution < 1.29 is 9.53 Å². The summed E-state index contributed by atoms with van der Waals surface area (Å²) in [5.74, 6) is 0.864. The van der Waals surface area contributed by atoms with Gasteiger partial charge in [-0.2, -0.15) is 10.1 Å². The van der Waals surface area contributed by atoms with Crippen molar-refractivity contribution in [3.63, 3.8) is 0 Å². The van der Waals surface area contributed by atoms with Crippen LogP contribution in [0.4, 0.5) is 5.13 Å². The van der Waals surface area contributed by atoms with Gasteiger partial charge in [-0.1, -0.05) is 11.3 Å². The van der Waals surface area contributed by atoms with Crippen molar-refractivity contribution in [2.75, 3.05) is 25.1 Å². The number of methoxy groups -OCH3 is 1. The first-order valence-electron chi connectivity index (χ1n) is 9.08. The molecule has 0 radical (unpaired) electrons. The largest absolute Gasteiger partial charge is 0.497 e. The summed E-state index contributed by atoms with van der Waals surface area (Å²) in [6.07, 6.45) is 1.89. The van der Waals surface area contributed by atoms with Crippen LogP contribution in [0.1, 0.15) is 25.5 Å². The third-order valence-corrected chi connectivity index (χ3v) is 6.08. The number of thiazole rings is 1. The molecular weight excluding hydrogens is 362 g/mol. The number of ether oxygens (including phenoxy) is 1. The fourth-order valence-corrected chi connectivity index (χ4v) is 4.50. The molecule has 1 aliphatic rings. The molecule has 4 rings (SSSR count). The molecule has 27 heavy (non-hydrogen) atoms. The van der Waals surface area contributed by atoms with Gasteiger partial charge in [0.25, 0.3) is 0 Å². The number of aromatic nitrogens is 3. The number of carbonyl (C=O) groups excluding carboxylic acids is 1. The topological polar surface area (TPSA) is 72.3 Å². The number of hydrogen-bond donors (Lipinski definition) is 1. The number of nitrogens with one attached hydrogen (secondary N) is 1. The summed E-state index contributed by atoms with van der Waals surface area (Å²) in [7, 11) is 1.66. The van der Waals surface area contributed by atoms with E-state index >= 15 is 0 Å². The Balaban J connectivity index is 1.58. The van der Waals surface area contributed by atoms with E-state index in [0.717, 1.165) is 58.5 Å². The normalized spacial score (nSPS) is 15.3. The lowest BCUT2D eigenvalue weighted by Gasteiger charge is -2.31. The zero-order chi connectivity index (χ0) is 19.0. The maximum Gasteiger partial charge on any atom is 0.217 e. The lowest BCUT2D eigenvalue weighted by Crippen LogP contribution is -2.44. The monoisotopic (exact) mass is 385 g/mol. The molecule has 2 aromatic heterocycles. The number of rotatable bonds is 4. The van der Waals surface area contributed by atoms with Gasteiger partial charge in [-0.3, -0.25) is 4.79 Å². The van der Waals surface area contributed by atoms with Gasteiger partial charge in [0.2, 0.25) is 5.91 Å². The number of amides is 1. The minimum atomic E-state index is 0.0450. The van der Waals surface area contributed by atoms with E-state index < -0.39 is 0 Å². The Bertz CT molecular complexity index is 955. The fraction of sp³-hybridized carbons (Fsp3) is 0.421. The first-order valence-corrected chi connectivity index (χ1v) is 9.89. The molecule has 0 atom stereocenters. The van der Waals surface area contributed by atoms with Crippen LogP contribution in [-0.2, 0) is 4.79 Å². The summed E-state index contributed by atoms with van der Waals surface area (Å²) in [6, 6.07) is 8.10. The van der Waals surface area contributed by atoms with E-state index in [1.165, 1.54) is 0 Å². The Kier molecular flexibility index (Phi) is 4.73. The van der Waals surface area contributed by atoms with E-state index in [9.17, 15) is 4.79 Å². The summed E-state index contributed by atoms with van der Waals surface area (Å²) < 4.78 is 8.25. The third kappa shape index (κ3) is 3.49. The highest BCUT2D eigenvalue weighted by molar-refractivity contribution is 7.22. The molecule has 1 amide bonds. The van der Waals surface area contributed by atoms with Gasteiger partial charge in [-0.25, -0.2) is 4.68 Å². The predicted octanol–water partition coefficient (Wildman–Crippen LogP) is 2.90. The van der Waals surface area contributed by atoms with Crippen molar-refractivity contribution in [3.05, 3.63) is 30.0 Å². The van der Waals surface area contributed by atoms with Crippen LogP contribution in [0, 0.1) is 6.92 Å². The number of nitrogens with zero attached hydrogens (tertiary/aromatic N) is 4. The molecule has 0 saturated carbocycles. The van der Waals surface area contributed by atoms with Gasteiger partial charge in [0.05, 0.1) is 23.2 Å². The highest BCUT2D eigenvalue weighted by Crippen LogP contribution is 2.33. The first-order chi connectivity index (χ1) is 13.0. The van der Waals surface area contributed by atoms with Crippen LogP contribution in [0.25, 0.3) is 16.0 Å². The number of fused-ring (bicyclic) bond motifs is 1. The van der Waals surface area contributed by atoms with Crippen LogP contribution in [0.3, 0.4) is 0 Å². The van der Waals surface area contributed by atoms with Gasteiger partial charge in [0, 0.05) is 26.1 Å². The number of piperidine rings is 1. The molecule has 8 heteroatoms. The summed E-state index contributed by atoms with van der Waals surface area (Å²) >= 11 is 1.69. The van der Waals surface area contributed by atoms with E-state index in [1.54, 1.807) is 25.4 Å². The molecule has 0 bridgehead atoms. The predicted molar refractivity (Wildman–Crippen MR) is 107 cm³/mol. The molecule has 142 valence electrons. The number of anilines is 1. The Labute approximate surface area is 162 Å². The number of aryl methyl sites for hydroxylation is 1. The molecule has 1 N–H and O–H groups in total. The number of hydrogen-bond acceptors (Lipinski definition) is 6. The molecule has 3 heterocycles. The first kappa shape index (κ1) is 17.8. The van der Waals surface area contributed by atoms with Gasteiger partial charge in [-0.15, -0.1) is 0 Å². The summed E-state index contributed by atoms with van der Waals surface area (Å²) in [5, 5.41) is 8.70. The zero-order valence-corrected chi connectivity index (χ0v) is 16.5. The Morgan fingerprint density at radius 3 is 2.59 bits per heavy atom. The summed E-state index contributed by atoms with van der Waals surface area (Å²) in [5.41, 5.74) is 2.84. The smallest absolute Gasteiger partial charge is 0.217 e.